The molecule has 1 aliphatic heterocycles. The number of hydrogen-bond acceptors (Lipinski definition) is 5. The largest absolute Gasteiger partial charge is 0.382 e. The number of amidine groups is 1. The lowest BCUT2D eigenvalue weighted by atomic mass is 10.3. The molecule has 1 saturated heterocycles. The molecule has 0 atom stereocenters. The Morgan fingerprint density at radius 2 is 2.11 bits per heavy atom. The first-order valence-corrected chi connectivity index (χ1v) is 7.57. The second kappa shape index (κ2) is 4.93. The van der Waals surface area contributed by atoms with Crippen LogP contribution in [-0.2, 0) is 9.84 Å². The Morgan fingerprint density at radius 1 is 1.33 bits per heavy atom. The minimum atomic E-state index is -2.92. The van der Waals surface area contributed by atoms with Crippen LogP contribution < -0.4 is 10.6 Å². The molecule has 0 unspecified atom stereocenters. The Bertz CT molecular complexity index is 556. The zero-order valence-corrected chi connectivity index (χ0v) is 10.8. The van der Waals surface area contributed by atoms with Crippen LogP contribution >= 0.6 is 0 Å². The molecule has 1 aromatic rings. The van der Waals surface area contributed by atoms with Gasteiger partial charge in [-0.1, -0.05) is 6.07 Å². The minimum Gasteiger partial charge on any atom is -0.382 e. The molecule has 7 heteroatoms. The van der Waals surface area contributed by atoms with Crippen molar-refractivity contribution in [2.24, 2.45) is 5.73 Å². The maximum Gasteiger partial charge on any atom is 0.152 e. The van der Waals surface area contributed by atoms with Gasteiger partial charge in [0.2, 0.25) is 0 Å². The zero-order chi connectivity index (χ0) is 13.2. The van der Waals surface area contributed by atoms with E-state index in [9.17, 15) is 8.42 Å². The molecule has 98 valence electrons. The molecule has 1 aromatic heterocycles. The van der Waals surface area contributed by atoms with E-state index in [2.05, 4.69) is 4.98 Å². The first kappa shape index (κ1) is 12.8. The molecule has 0 bridgehead atoms. The molecule has 0 amide bonds. The van der Waals surface area contributed by atoms with Gasteiger partial charge in [-0.15, -0.1) is 0 Å². The number of aromatic nitrogens is 1. The van der Waals surface area contributed by atoms with Crippen molar-refractivity contribution in [1.82, 2.24) is 4.98 Å². The van der Waals surface area contributed by atoms with Gasteiger partial charge in [0.1, 0.15) is 17.3 Å². The maximum absolute atomic E-state index is 11.5. The highest BCUT2D eigenvalue weighted by molar-refractivity contribution is 7.91. The van der Waals surface area contributed by atoms with E-state index in [0.717, 1.165) is 0 Å². The highest BCUT2D eigenvalue weighted by Gasteiger charge is 2.20. The van der Waals surface area contributed by atoms with Gasteiger partial charge in [-0.3, -0.25) is 5.41 Å². The van der Waals surface area contributed by atoms with Gasteiger partial charge >= 0.3 is 0 Å². The number of nitrogens with one attached hydrogen (secondary N) is 1. The van der Waals surface area contributed by atoms with Crippen LogP contribution in [0.25, 0.3) is 0 Å². The van der Waals surface area contributed by atoms with Crippen molar-refractivity contribution >= 4 is 21.5 Å². The van der Waals surface area contributed by atoms with E-state index in [1.54, 1.807) is 12.1 Å². The lowest BCUT2D eigenvalue weighted by Gasteiger charge is -2.21. The third-order valence-corrected chi connectivity index (χ3v) is 4.61. The van der Waals surface area contributed by atoms with Crippen LogP contribution in [0.5, 0.6) is 0 Å². The van der Waals surface area contributed by atoms with Crippen LogP contribution in [0.15, 0.2) is 18.2 Å². The summed E-state index contributed by atoms with van der Waals surface area (Å²) in [4.78, 5) is 6.19. The zero-order valence-electron chi connectivity index (χ0n) is 9.96. The van der Waals surface area contributed by atoms with Gasteiger partial charge in [-0.25, -0.2) is 13.4 Å². The third-order valence-electron chi connectivity index (χ3n) is 2.89. The third kappa shape index (κ3) is 2.98. The summed E-state index contributed by atoms with van der Waals surface area (Å²) in [6.45, 7) is 1.10. The SMILES string of the molecule is N=C(N)c1cccc(N2CCCS(=O)(=O)CC2)n1. The Balaban J connectivity index is 2.21. The van der Waals surface area contributed by atoms with Crippen LogP contribution in [0.2, 0.25) is 0 Å². The fraction of sp³-hybridized carbons (Fsp3) is 0.455. The number of nitrogens with two attached hydrogens (primary N) is 1. The van der Waals surface area contributed by atoms with E-state index < -0.39 is 9.84 Å². The summed E-state index contributed by atoms with van der Waals surface area (Å²) in [6, 6.07) is 5.25. The molecule has 6 nitrogen and oxygen atoms in total. The molecule has 0 aromatic carbocycles. The maximum atomic E-state index is 11.5. The van der Waals surface area contributed by atoms with Crippen molar-refractivity contribution < 1.29 is 8.42 Å². The summed E-state index contributed by atoms with van der Waals surface area (Å²) in [7, 11) is -2.92. The Morgan fingerprint density at radius 3 is 2.83 bits per heavy atom. The van der Waals surface area contributed by atoms with Gasteiger partial charge in [0.05, 0.1) is 11.5 Å². The highest BCUT2D eigenvalue weighted by Crippen LogP contribution is 2.15. The summed E-state index contributed by atoms with van der Waals surface area (Å²) in [5.41, 5.74) is 5.81. The summed E-state index contributed by atoms with van der Waals surface area (Å²) >= 11 is 0. The van der Waals surface area contributed by atoms with Crippen LogP contribution in [-0.4, -0.2) is 43.8 Å². The number of pyridine rings is 1. The molecule has 0 spiro atoms. The first-order valence-electron chi connectivity index (χ1n) is 5.75. The minimum absolute atomic E-state index is 0.0840. The summed E-state index contributed by atoms with van der Waals surface area (Å²) in [5, 5.41) is 7.35. The van der Waals surface area contributed by atoms with E-state index in [1.807, 2.05) is 11.0 Å². The Hall–Kier alpha value is -1.63. The number of nitrogen functional groups attached to an aromatic ring is 1. The van der Waals surface area contributed by atoms with Crippen molar-refractivity contribution in [3.05, 3.63) is 23.9 Å². The smallest absolute Gasteiger partial charge is 0.152 e. The van der Waals surface area contributed by atoms with Crippen molar-refractivity contribution in [2.75, 3.05) is 29.5 Å². The van der Waals surface area contributed by atoms with Crippen LogP contribution in [0, 0.1) is 5.41 Å². The molecule has 0 saturated carbocycles. The van der Waals surface area contributed by atoms with E-state index in [-0.39, 0.29) is 17.3 Å². The topological polar surface area (TPSA) is 100 Å². The molecular formula is C11H16N4O2S. The van der Waals surface area contributed by atoms with Crippen molar-refractivity contribution in [1.29, 1.82) is 5.41 Å². The number of sulfone groups is 1. The summed E-state index contributed by atoms with van der Waals surface area (Å²) in [5.74, 6) is 0.980. The second-order valence-corrected chi connectivity index (χ2v) is 6.59. The monoisotopic (exact) mass is 268 g/mol. The summed E-state index contributed by atoms with van der Waals surface area (Å²) in [6.07, 6.45) is 0.605. The molecule has 0 radical (unpaired) electrons. The van der Waals surface area contributed by atoms with Crippen molar-refractivity contribution in [2.45, 2.75) is 6.42 Å². The quantitative estimate of drug-likeness (QED) is 0.580. The number of anilines is 1. The van der Waals surface area contributed by atoms with Crippen LogP contribution in [0.1, 0.15) is 12.1 Å². The molecular weight excluding hydrogens is 252 g/mol. The lowest BCUT2D eigenvalue weighted by molar-refractivity contribution is 0.597. The fourth-order valence-corrected chi connectivity index (χ4v) is 3.19. The molecule has 2 heterocycles. The van der Waals surface area contributed by atoms with Crippen LogP contribution in [0.3, 0.4) is 0 Å². The predicted molar refractivity (Wildman–Crippen MR) is 70.7 cm³/mol. The highest BCUT2D eigenvalue weighted by atomic mass is 32.2. The molecule has 18 heavy (non-hydrogen) atoms. The fourth-order valence-electron chi connectivity index (χ4n) is 1.92. The first-order chi connectivity index (χ1) is 8.48. The Kier molecular flexibility index (Phi) is 3.51. The van der Waals surface area contributed by atoms with E-state index in [0.29, 0.717) is 31.0 Å². The molecule has 3 N–H and O–H groups in total. The number of hydrogen-bond donors (Lipinski definition) is 2. The van der Waals surface area contributed by atoms with Crippen molar-refractivity contribution in [3.63, 3.8) is 0 Å². The van der Waals surface area contributed by atoms with E-state index >= 15 is 0 Å². The van der Waals surface area contributed by atoms with Gasteiger partial charge in [-0.2, -0.15) is 0 Å². The number of rotatable bonds is 2. The van der Waals surface area contributed by atoms with Crippen LogP contribution in [0.4, 0.5) is 5.82 Å². The average molecular weight is 268 g/mol. The summed E-state index contributed by atoms with van der Waals surface area (Å²) < 4.78 is 23.0. The number of nitrogens with zero attached hydrogens (tertiary/aromatic N) is 2. The van der Waals surface area contributed by atoms with Gasteiger partial charge in [0.25, 0.3) is 0 Å². The lowest BCUT2D eigenvalue weighted by Crippen LogP contribution is -2.28. The van der Waals surface area contributed by atoms with E-state index in [1.165, 1.54) is 0 Å². The molecule has 1 aliphatic rings. The van der Waals surface area contributed by atoms with Gasteiger partial charge in [0.15, 0.2) is 9.84 Å². The van der Waals surface area contributed by atoms with Gasteiger partial charge in [0, 0.05) is 13.1 Å². The molecule has 0 aliphatic carbocycles. The van der Waals surface area contributed by atoms with Gasteiger partial charge in [-0.05, 0) is 18.6 Å². The second-order valence-electron chi connectivity index (χ2n) is 4.29. The standard InChI is InChI=1S/C11H16N4O2S/c12-11(13)9-3-1-4-10(14-9)15-5-2-7-18(16,17)8-6-15/h1,3-4H,2,5-8H2,(H3,12,13). The average Bonchev–Trinajstić information content (AvgIpc) is 2.50. The van der Waals surface area contributed by atoms with Crippen molar-refractivity contribution in [3.8, 4) is 0 Å². The molecule has 1 fully saturated rings. The Labute approximate surface area is 106 Å². The van der Waals surface area contributed by atoms with E-state index in [4.69, 9.17) is 11.1 Å². The predicted octanol–water partition coefficient (Wildman–Crippen LogP) is -0.00943. The normalized spacial score (nSPS) is 19.2. The van der Waals surface area contributed by atoms with Gasteiger partial charge < -0.3 is 10.6 Å². The molecule has 2 rings (SSSR count).